The largest absolute Gasteiger partial charge is 0.399 e. The minimum atomic E-state index is 0.465. The van der Waals surface area contributed by atoms with Gasteiger partial charge in [-0.2, -0.15) is 0 Å². The Morgan fingerprint density at radius 3 is 2.68 bits per heavy atom. The second-order valence-electron chi connectivity index (χ2n) is 6.40. The molecule has 0 aromatic heterocycles. The monoisotopic (exact) mass is 331 g/mol. The predicted octanol–water partition coefficient (Wildman–Crippen LogP) is 5.28. The maximum Gasteiger partial charge on any atom is 0.0865 e. The van der Waals surface area contributed by atoms with Crippen molar-refractivity contribution < 1.29 is 0 Å². The Morgan fingerprint density at radius 1 is 1.24 bits per heavy atom. The van der Waals surface area contributed by atoms with E-state index in [2.05, 4.69) is 59.5 Å². The predicted molar refractivity (Wildman–Crippen MR) is 108 cm³/mol. The summed E-state index contributed by atoms with van der Waals surface area (Å²) in [4.78, 5) is 6.91. The van der Waals surface area contributed by atoms with Crippen molar-refractivity contribution in [1.82, 2.24) is 4.90 Å². The maximum absolute atomic E-state index is 5.87. The number of allylic oxidation sites excluding steroid dienone is 6. The Morgan fingerprint density at radius 2 is 2.00 bits per heavy atom. The average Bonchev–Trinajstić information content (AvgIpc) is 2.79. The molecule has 0 radical (unpaired) electrons. The molecule has 3 rings (SSSR count). The zero-order valence-corrected chi connectivity index (χ0v) is 15.1. The van der Waals surface area contributed by atoms with Crippen LogP contribution in [-0.4, -0.2) is 11.1 Å². The lowest BCUT2D eigenvalue weighted by molar-refractivity contribution is 0.679. The van der Waals surface area contributed by atoms with Gasteiger partial charge in [0.1, 0.15) is 0 Å². The van der Waals surface area contributed by atoms with Crippen LogP contribution in [0, 0.1) is 5.92 Å². The van der Waals surface area contributed by atoms with Crippen molar-refractivity contribution in [2.45, 2.75) is 27.2 Å². The summed E-state index contributed by atoms with van der Waals surface area (Å²) in [5, 5.41) is 0. The van der Waals surface area contributed by atoms with Gasteiger partial charge in [0.05, 0.1) is 17.6 Å². The van der Waals surface area contributed by atoms with Crippen LogP contribution in [0.15, 0.2) is 82.8 Å². The normalized spacial score (nSPS) is 20.8. The quantitative estimate of drug-likeness (QED) is 0.604. The highest BCUT2D eigenvalue weighted by molar-refractivity contribution is 5.86. The number of rotatable bonds is 3. The van der Waals surface area contributed by atoms with Crippen LogP contribution < -0.4 is 5.73 Å². The van der Waals surface area contributed by atoms with Crippen LogP contribution in [0.25, 0.3) is 5.70 Å². The molecule has 2 N–H and O–H groups in total. The first kappa shape index (κ1) is 17.0. The van der Waals surface area contributed by atoms with Crippen molar-refractivity contribution in [3.8, 4) is 0 Å². The van der Waals surface area contributed by atoms with E-state index in [1.807, 2.05) is 38.3 Å². The van der Waals surface area contributed by atoms with Crippen LogP contribution in [0.2, 0.25) is 0 Å². The molecule has 0 saturated heterocycles. The number of nitrogens with two attached hydrogens (primary N) is 1. The van der Waals surface area contributed by atoms with E-state index in [4.69, 9.17) is 5.73 Å². The van der Waals surface area contributed by atoms with Crippen LogP contribution in [0.3, 0.4) is 0 Å². The topological polar surface area (TPSA) is 41.6 Å². The number of nitrogens with zero attached hydrogens (tertiary/aromatic N) is 2. The Kier molecular flexibility index (Phi) is 5.03. The molecule has 0 saturated carbocycles. The average molecular weight is 331 g/mol. The molecule has 25 heavy (non-hydrogen) atoms. The smallest absolute Gasteiger partial charge is 0.0865 e. The van der Waals surface area contributed by atoms with E-state index in [0.717, 1.165) is 34.6 Å². The summed E-state index contributed by atoms with van der Waals surface area (Å²) >= 11 is 0. The Balaban J connectivity index is 2.08. The first-order valence-corrected chi connectivity index (χ1v) is 8.74. The Bertz CT molecular complexity index is 817. The molecule has 1 unspecified atom stereocenters. The standard InChI is InChI=1S/C22H25N3/c1-4-6-17(5-2)21-15-25-20(14-24-21)12-7-16(3)13-22(25)18-8-10-19(23)11-9-18/h4-6,8-16H,7,23H2,1-3H3. The van der Waals surface area contributed by atoms with Gasteiger partial charge in [-0.25, -0.2) is 0 Å². The summed E-state index contributed by atoms with van der Waals surface area (Å²) in [5.74, 6) is 0.465. The summed E-state index contributed by atoms with van der Waals surface area (Å²) in [6.07, 6.45) is 15.9. The number of hydrogen-bond donors (Lipinski definition) is 1. The fourth-order valence-electron chi connectivity index (χ4n) is 3.06. The number of anilines is 1. The maximum atomic E-state index is 5.87. The molecule has 0 fully saturated rings. The SMILES string of the molecule is CC=CC(=CC)C1=CN2C(=CCC(C)C=C2c2ccc(N)cc2)C=N1. The van der Waals surface area contributed by atoms with E-state index in [0.29, 0.717) is 5.92 Å². The summed E-state index contributed by atoms with van der Waals surface area (Å²) < 4.78 is 0. The number of nitrogen functional groups attached to an aromatic ring is 1. The van der Waals surface area contributed by atoms with Crippen molar-refractivity contribution in [2.24, 2.45) is 10.9 Å². The first-order chi connectivity index (χ1) is 12.1. The molecule has 2 aliphatic rings. The van der Waals surface area contributed by atoms with E-state index in [1.54, 1.807) is 0 Å². The molecule has 0 bridgehead atoms. The molecule has 3 nitrogen and oxygen atoms in total. The zero-order valence-electron chi connectivity index (χ0n) is 15.1. The van der Waals surface area contributed by atoms with Gasteiger partial charge < -0.3 is 10.6 Å². The van der Waals surface area contributed by atoms with Gasteiger partial charge in [-0.15, -0.1) is 0 Å². The van der Waals surface area contributed by atoms with Gasteiger partial charge in [0.2, 0.25) is 0 Å². The molecular formula is C22H25N3. The van der Waals surface area contributed by atoms with Gasteiger partial charge in [0.25, 0.3) is 0 Å². The second kappa shape index (κ2) is 7.39. The van der Waals surface area contributed by atoms with Gasteiger partial charge in [-0.1, -0.05) is 49.4 Å². The lowest BCUT2D eigenvalue weighted by atomic mass is 10.0. The van der Waals surface area contributed by atoms with E-state index >= 15 is 0 Å². The van der Waals surface area contributed by atoms with E-state index in [1.165, 1.54) is 5.70 Å². The van der Waals surface area contributed by atoms with Crippen molar-refractivity contribution in [1.29, 1.82) is 0 Å². The Labute approximate surface area is 150 Å². The first-order valence-electron chi connectivity index (χ1n) is 8.74. The molecule has 128 valence electrons. The van der Waals surface area contributed by atoms with Gasteiger partial charge in [0.15, 0.2) is 0 Å². The Hall–Kier alpha value is -2.81. The highest BCUT2D eigenvalue weighted by Crippen LogP contribution is 2.33. The van der Waals surface area contributed by atoms with E-state index in [-0.39, 0.29) is 0 Å². The number of benzene rings is 1. The molecule has 0 aliphatic carbocycles. The van der Waals surface area contributed by atoms with Crippen molar-refractivity contribution in [2.75, 3.05) is 5.73 Å². The molecule has 2 aliphatic heterocycles. The number of hydrogen-bond acceptors (Lipinski definition) is 3. The minimum Gasteiger partial charge on any atom is -0.399 e. The molecule has 2 heterocycles. The van der Waals surface area contributed by atoms with Crippen LogP contribution in [0.5, 0.6) is 0 Å². The third-order valence-corrected chi connectivity index (χ3v) is 4.43. The van der Waals surface area contributed by atoms with Crippen molar-refractivity contribution >= 4 is 17.6 Å². The van der Waals surface area contributed by atoms with Crippen molar-refractivity contribution in [3.63, 3.8) is 0 Å². The number of fused-ring (bicyclic) bond motifs is 1. The van der Waals surface area contributed by atoms with Crippen LogP contribution >= 0.6 is 0 Å². The van der Waals surface area contributed by atoms with Gasteiger partial charge >= 0.3 is 0 Å². The third kappa shape index (κ3) is 3.66. The van der Waals surface area contributed by atoms with Crippen LogP contribution in [-0.2, 0) is 0 Å². The second-order valence-corrected chi connectivity index (χ2v) is 6.40. The third-order valence-electron chi connectivity index (χ3n) is 4.43. The molecule has 0 amide bonds. The minimum absolute atomic E-state index is 0.465. The van der Waals surface area contributed by atoms with Crippen LogP contribution in [0.4, 0.5) is 5.69 Å². The fourth-order valence-corrected chi connectivity index (χ4v) is 3.06. The molecule has 0 spiro atoms. The molecule has 1 aromatic rings. The molecular weight excluding hydrogens is 306 g/mol. The van der Waals surface area contributed by atoms with Crippen molar-refractivity contribution in [3.05, 3.63) is 83.4 Å². The fraction of sp³-hybridized carbons (Fsp3) is 0.227. The molecule has 3 heteroatoms. The lowest BCUT2D eigenvalue weighted by Crippen LogP contribution is -2.19. The van der Waals surface area contributed by atoms with Gasteiger partial charge in [-0.3, -0.25) is 4.99 Å². The van der Waals surface area contributed by atoms with Gasteiger partial charge in [0, 0.05) is 17.6 Å². The summed E-state index contributed by atoms with van der Waals surface area (Å²) in [5.41, 5.74) is 12.2. The molecule has 1 atom stereocenters. The van der Waals surface area contributed by atoms with E-state index < -0.39 is 0 Å². The van der Waals surface area contributed by atoms with Gasteiger partial charge in [-0.05, 0) is 49.5 Å². The highest BCUT2D eigenvalue weighted by atomic mass is 15.2. The summed E-state index contributed by atoms with van der Waals surface area (Å²) in [6.45, 7) is 6.30. The summed E-state index contributed by atoms with van der Waals surface area (Å²) in [6, 6.07) is 8.07. The molecule has 1 aromatic carbocycles. The zero-order chi connectivity index (χ0) is 17.8. The number of aliphatic imine (C=N–C) groups is 1. The van der Waals surface area contributed by atoms with Crippen LogP contribution in [0.1, 0.15) is 32.8 Å². The summed E-state index contributed by atoms with van der Waals surface area (Å²) in [7, 11) is 0. The van der Waals surface area contributed by atoms with E-state index in [9.17, 15) is 0 Å². The lowest BCUT2D eigenvalue weighted by Gasteiger charge is -2.28. The highest BCUT2D eigenvalue weighted by Gasteiger charge is 2.21.